The largest absolute Gasteiger partial charge is 0.348 e. The zero-order valence-corrected chi connectivity index (χ0v) is 6.68. The van der Waals surface area contributed by atoms with Crippen LogP contribution >= 0.6 is 0 Å². The quantitative estimate of drug-likeness (QED) is 0.501. The summed E-state index contributed by atoms with van der Waals surface area (Å²) in [6.07, 6.45) is 0.192. The minimum absolute atomic E-state index is 0.192. The Labute approximate surface area is 66.9 Å². The fourth-order valence-electron chi connectivity index (χ4n) is 1.56. The van der Waals surface area contributed by atoms with Crippen LogP contribution in [0.15, 0.2) is 0 Å². The molecule has 2 heterocycles. The van der Waals surface area contributed by atoms with Crippen LogP contribution in [0.1, 0.15) is 0 Å². The smallest absolute Gasteiger partial charge is 0.166 e. The van der Waals surface area contributed by atoms with Crippen molar-refractivity contribution in [3.05, 3.63) is 0 Å². The van der Waals surface area contributed by atoms with Crippen molar-refractivity contribution >= 4 is 0 Å². The van der Waals surface area contributed by atoms with Crippen LogP contribution in [0.4, 0.5) is 0 Å². The van der Waals surface area contributed by atoms with E-state index in [1.54, 1.807) is 0 Å². The van der Waals surface area contributed by atoms with Crippen LogP contribution in [0.2, 0.25) is 0 Å². The topological polar surface area (TPSA) is 36.5 Å². The molecular weight excluding hydrogens is 142 g/mol. The second kappa shape index (κ2) is 3.49. The van der Waals surface area contributed by atoms with Crippen molar-refractivity contribution in [3.8, 4) is 0 Å². The summed E-state index contributed by atoms with van der Waals surface area (Å²) < 4.78 is 5.48. The molecule has 0 amide bonds. The Morgan fingerprint density at radius 3 is 2.64 bits per heavy atom. The second-order valence-electron chi connectivity index (χ2n) is 2.96. The monoisotopic (exact) mass is 157 g/mol. The van der Waals surface area contributed by atoms with Crippen molar-refractivity contribution in [3.63, 3.8) is 0 Å². The first-order valence-electron chi connectivity index (χ1n) is 4.26. The molecule has 0 bridgehead atoms. The van der Waals surface area contributed by atoms with Gasteiger partial charge in [0.15, 0.2) is 6.35 Å². The van der Waals surface area contributed by atoms with E-state index < -0.39 is 0 Å². The van der Waals surface area contributed by atoms with E-state index in [2.05, 4.69) is 15.5 Å². The van der Waals surface area contributed by atoms with Gasteiger partial charge in [-0.1, -0.05) is 0 Å². The Hall–Kier alpha value is -0.160. The molecule has 0 saturated carbocycles. The highest BCUT2D eigenvalue weighted by Gasteiger charge is 2.23. The third-order valence-electron chi connectivity index (χ3n) is 2.18. The van der Waals surface area contributed by atoms with E-state index in [-0.39, 0.29) is 6.35 Å². The molecule has 4 nitrogen and oxygen atoms in total. The average Bonchev–Trinajstić information content (AvgIpc) is 2.58. The highest BCUT2D eigenvalue weighted by atomic mass is 16.5. The predicted octanol–water partition coefficient (Wildman–Crippen LogP) is -1.20. The third-order valence-corrected chi connectivity index (χ3v) is 2.18. The summed E-state index contributed by atoms with van der Waals surface area (Å²) in [5, 5.41) is 6.62. The molecule has 0 radical (unpaired) electrons. The Bertz CT molecular complexity index is 119. The van der Waals surface area contributed by atoms with Crippen molar-refractivity contribution in [2.45, 2.75) is 6.35 Å². The van der Waals surface area contributed by atoms with E-state index >= 15 is 0 Å². The van der Waals surface area contributed by atoms with Gasteiger partial charge in [-0.05, 0) is 0 Å². The maximum Gasteiger partial charge on any atom is 0.166 e. The summed E-state index contributed by atoms with van der Waals surface area (Å²) in [7, 11) is 0. The van der Waals surface area contributed by atoms with Crippen molar-refractivity contribution in [2.75, 3.05) is 39.3 Å². The van der Waals surface area contributed by atoms with Gasteiger partial charge in [-0.25, -0.2) is 0 Å². The maximum atomic E-state index is 5.48. The van der Waals surface area contributed by atoms with Crippen LogP contribution in [-0.4, -0.2) is 50.6 Å². The Morgan fingerprint density at radius 1 is 1.18 bits per heavy atom. The van der Waals surface area contributed by atoms with Gasteiger partial charge < -0.3 is 10.1 Å². The molecule has 64 valence electrons. The normalized spacial score (nSPS) is 34.4. The van der Waals surface area contributed by atoms with Crippen molar-refractivity contribution < 1.29 is 4.74 Å². The summed E-state index contributed by atoms with van der Waals surface area (Å²) >= 11 is 0. The molecule has 1 unspecified atom stereocenters. The predicted molar refractivity (Wildman–Crippen MR) is 42.2 cm³/mol. The van der Waals surface area contributed by atoms with Gasteiger partial charge in [0.25, 0.3) is 0 Å². The van der Waals surface area contributed by atoms with Crippen LogP contribution in [-0.2, 0) is 4.74 Å². The highest BCUT2D eigenvalue weighted by molar-refractivity contribution is 4.72. The van der Waals surface area contributed by atoms with Gasteiger partial charge in [-0.3, -0.25) is 10.2 Å². The molecule has 2 N–H and O–H groups in total. The second-order valence-corrected chi connectivity index (χ2v) is 2.96. The number of hydrogen-bond acceptors (Lipinski definition) is 4. The average molecular weight is 157 g/mol. The number of nitrogens with one attached hydrogen (secondary N) is 2. The number of nitrogens with zero attached hydrogens (tertiary/aromatic N) is 1. The molecule has 0 aromatic heterocycles. The molecule has 0 spiro atoms. The third kappa shape index (κ3) is 1.70. The summed E-state index contributed by atoms with van der Waals surface area (Å²) in [6.45, 7) is 6.21. The van der Waals surface area contributed by atoms with Gasteiger partial charge in [-0.15, -0.1) is 0 Å². The van der Waals surface area contributed by atoms with Crippen molar-refractivity contribution in [1.82, 2.24) is 15.5 Å². The lowest BCUT2D eigenvalue weighted by Crippen LogP contribution is -2.52. The molecule has 4 heteroatoms. The van der Waals surface area contributed by atoms with Crippen LogP contribution in [0.5, 0.6) is 0 Å². The fraction of sp³-hybridized carbons (Fsp3) is 1.00. The summed E-state index contributed by atoms with van der Waals surface area (Å²) in [5.41, 5.74) is 0. The van der Waals surface area contributed by atoms with Crippen LogP contribution in [0.3, 0.4) is 0 Å². The molecule has 1 atom stereocenters. The van der Waals surface area contributed by atoms with Crippen molar-refractivity contribution in [2.24, 2.45) is 0 Å². The fourth-order valence-corrected chi connectivity index (χ4v) is 1.56. The molecule has 2 rings (SSSR count). The molecule has 2 fully saturated rings. The van der Waals surface area contributed by atoms with Gasteiger partial charge in [0, 0.05) is 32.7 Å². The van der Waals surface area contributed by atoms with Gasteiger partial charge in [0.05, 0.1) is 6.61 Å². The minimum atomic E-state index is 0.192. The van der Waals surface area contributed by atoms with E-state index in [9.17, 15) is 0 Å². The molecule has 2 saturated heterocycles. The van der Waals surface area contributed by atoms with Crippen LogP contribution in [0.25, 0.3) is 0 Å². The highest BCUT2D eigenvalue weighted by Crippen LogP contribution is 2.03. The van der Waals surface area contributed by atoms with E-state index in [0.29, 0.717) is 0 Å². The lowest BCUT2D eigenvalue weighted by Gasteiger charge is -2.31. The van der Waals surface area contributed by atoms with E-state index in [1.165, 1.54) is 0 Å². The van der Waals surface area contributed by atoms with Gasteiger partial charge in [-0.2, -0.15) is 0 Å². The summed E-state index contributed by atoms with van der Waals surface area (Å²) in [6, 6.07) is 0. The molecule has 2 aliphatic rings. The number of piperazine rings is 1. The van der Waals surface area contributed by atoms with Crippen molar-refractivity contribution in [1.29, 1.82) is 0 Å². The first-order chi connectivity index (χ1) is 5.47. The SMILES string of the molecule is C1CN(C2NCCO2)CCN1. The summed E-state index contributed by atoms with van der Waals surface area (Å²) in [4.78, 5) is 2.34. The number of hydrogen-bond donors (Lipinski definition) is 2. The van der Waals surface area contributed by atoms with Gasteiger partial charge in [0.1, 0.15) is 0 Å². The van der Waals surface area contributed by atoms with Gasteiger partial charge in [0.2, 0.25) is 0 Å². The molecular formula is C7H15N3O. The molecule has 11 heavy (non-hydrogen) atoms. The molecule has 0 aliphatic carbocycles. The van der Waals surface area contributed by atoms with E-state index in [0.717, 1.165) is 39.3 Å². The lowest BCUT2D eigenvalue weighted by molar-refractivity contribution is -0.0367. The molecule has 0 aromatic carbocycles. The van der Waals surface area contributed by atoms with Crippen LogP contribution < -0.4 is 10.6 Å². The number of rotatable bonds is 1. The zero-order chi connectivity index (χ0) is 7.52. The van der Waals surface area contributed by atoms with E-state index in [4.69, 9.17) is 4.74 Å². The Balaban J connectivity index is 1.82. The zero-order valence-electron chi connectivity index (χ0n) is 6.68. The first-order valence-corrected chi connectivity index (χ1v) is 4.26. The minimum Gasteiger partial charge on any atom is -0.348 e. The number of ether oxygens (including phenoxy) is 1. The molecule has 2 aliphatic heterocycles. The standard InChI is InChI=1S/C7H15N3O/c1-4-10(5-2-8-1)7-9-3-6-11-7/h7-9H,1-6H2. The van der Waals surface area contributed by atoms with Gasteiger partial charge >= 0.3 is 0 Å². The molecule has 0 aromatic rings. The van der Waals surface area contributed by atoms with Crippen LogP contribution in [0, 0.1) is 0 Å². The first kappa shape index (κ1) is 7.49. The van der Waals surface area contributed by atoms with E-state index in [1.807, 2.05) is 0 Å². The summed E-state index contributed by atoms with van der Waals surface area (Å²) in [5.74, 6) is 0. The Kier molecular flexibility index (Phi) is 2.38. The lowest BCUT2D eigenvalue weighted by atomic mass is 10.4. The Morgan fingerprint density at radius 2 is 2.00 bits per heavy atom. The maximum absolute atomic E-state index is 5.48.